The molecule has 0 aliphatic rings. The van der Waals surface area contributed by atoms with Gasteiger partial charge in [0, 0.05) is 11.3 Å². The standard InChI is InChI=1S/C13H18O2S/c1-10-6-7-12(11(2)9-10)16-8-4-5-13(14)15-3/h6-7,9H,4-5,8H2,1-3H3. The summed E-state index contributed by atoms with van der Waals surface area (Å²) < 4.78 is 4.59. The maximum Gasteiger partial charge on any atom is 0.305 e. The lowest BCUT2D eigenvalue weighted by Gasteiger charge is -2.06. The number of hydrogen-bond acceptors (Lipinski definition) is 3. The Bertz CT molecular complexity index is 361. The molecule has 0 bridgehead atoms. The Kier molecular flexibility index (Phi) is 5.39. The lowest BCUT2D eigenvalue weighted by Crippen LogP contribution is -2.00. The van der Waals surface area contributed by atoms with Gasteiger partial charge >= 0.3 is 5.97 Å². The zero-order valence-electron chi connectivity index (χ0n) is 10.1. The van der Waals surface area contributed by atoms with Gasteiger partial charge in [-0.2, -0.15) is 0 Å². The van der Waals surface area contributed by atoms with E-state index in [4.69, 9.17) is 0 Å². The van der Waals surface area contributed by atoms with E-state index < -0.39 is 0 Å². The van der Waals surface area contributed by atoms with Gasteiger partial charge < -0.3 is 4.74 Å². The molecule has 2 nitrogen and oxygen atoms in total. The average molecular weight is 238 g/mol. The SMILES string of the molecule is COC(=O)CCCSc1ccc(C)cc1C. The van der Waals surface area contributed by atoms with Crippen molar-refractivity contribution in [1.82, 2.24) is 0 Å². The van der Waals surface area contributed by atoms with E-state index in [1.54, 1.807) is 11.8 Å². The fourth-order valence-corrected chi connectivity index (χ4v) is 2.42. The highest BCUT2D eigenvalue weighted by Crippen LogP contribution is 2.24. The fourth-order valence-electron chi connectivity index (χ4n) is 1.46. The first-order chi connectivity index (χ1) is 7.63. The molecule has 0 aliphatic heterocycles. The molecule has 0 fully saturated rings. The predicted molar refractivity (Wildman–Crippen MR) is 67.9 cm³/mol. The maximum atomic E-state index is 10.9. The van der Waals surface area contributed by atoms with Gasteiger partial charge in [0.15, 0.2) is 0 Å². The molecular formula is C13H18O2S. The van der Waals surface area contributed by atoms with Gasteiger partial charge in [0.1, 0.15) is 0 Å². The zero-order valence-corrected chi connectivity index (χ0v) is 10.9. The number of benzene rings is 1. The van der Waals surface area contributed by atoms with Gasteiger partial charge in [-0.25, -0.2) is 0 Å². The molecular weight excluding hydrogens is 220 g/mol. The van der Waals surface area contributed by atoms with Gasteiger partial charge in [-0.15, -0.1) is 11.8 Å². The van der Waals surface area contributed by atoms with Crippen LogP contribution in [0, 0.1) is 13.8 Å². The predicted octanol–water partition coefficient (Wildman–Crippen LogP) is 3.35. The third-order valence-corrected chi connectivity index (χ3v) is 3.60. The van der Waals surface area contributed by atoms with Crippen molar-refractivity contribution in [2.75, 3.05) is 12.9 Å². The van der Waals surface area contributed by atoms with Crippen molar-refractivity contribution >= 4 is 17.7 Å². The molecule has 0 radical (unpaired) electrons. The highest BCUT2D eigenvalue weighted by molar-refractivity contribution is 7.99. The first-order valence-electron chi connectivity index (χ1n) is 5.40. The van der Waals surface area contributed by atoms with Crippen molar-refractivity contribution in [2.24, 2.45) is 0 Å². The monoisotopic (exact) mass is 238 g/mol. The largest absolute Gasteiger partial charge is 0.469 e. The molecule has 0 atom stereocenters. The van der Waals surface area contributed by atoms with Gasteiger partial charge in [0.2, 0.25) is 0 Å². The molecule has 88 valence electrons. The van der Waals surface area contributed by atoms with E-state index >= 15 is 0 Å². The highest BCUT2D eigenvalue weighted by atomic mass is 32.2. The molecule has 0 spiro atoms. The molecule has 0 aliphatic carbocycles. The number of ether oxygens (including phenoxy) is 1. The third-order valence-electron chi connectivity index (χ3n) is 2.34. The topological polar surface area (TPSA) is 26.3 Å². The van der Waals surface area contributed by atoms with E-state index in [9.17, 15) is 4.79 Å². The Labute approximate surface area is 101 Å². The normalized spacial score (nSPS) is 10.2. The number of carbonyl (C=O) groups is 1. The van der Waals surface area contributed by atoms with Gasteiger partial charge in [-0.05, 0) is 37.7 Å². The van der Waals surface area contributed by atoms with Crippen LogP contribution in [0.1, 0.15) is 24.0 Å². The number of aryl methyl sites for hydroxylation is 2. The molecule has 0 saturated carbocycles. The average Bonchev–Trinajstić information content (AvgIpc) is 2.26. The summed E-state index contributed by atoms with van der Waals surface area (Å²) in [7, 11) is 1.43. The molecule has 0 aromatic heterocycles. The first-order valence-corrected chi connectivity index (χ1v) is 6.39. The highest BCUT2D eigenvalue weighted by Gasteiger charge is 2.02. The molecule has 0 heterocycles. The molecule has 1 rings (SSSR count). The molecule has 0 unspecified atom stereocenters. The Hall–Kier alpha value is -0.960. The summed E-state index contributed by atoms with van der Waals surface area (Å²) in [4.78, 5) is 12.2. The summed E-state index contributed by atoms with van der Waals surface area (Å²) >= 11 is 1.80. The van der Waals surface area contributed by atoms with Crippen LogP contribution < -0.4 is 0 Å². The Balaban J connectivity index is 2.35. The smallest absolute Gasteiger partial charge is 0.305 e. The van der Waals surface area contributed by atoms with Crippen LogP contribution >= 0.6 is 11.8 Å². The van der Waals surface area contributed by atoms with Gasteiger partial charge in [0.25, 0.3) is 0 Å². The zero-order chi connectivity index (χ0) is 12.0. The van der Waals surface area contributed by atoms with Crippen molar-refractivity contribution in [3.63, 3.8) is 0 Å². The number of esters is 1. The van der Waals surface area contributed by atoms with Crippen LogP contribution in [-0.4, -0.2) is 18.8 Å². The number of thioether (sulfide) groups is 1. The van der Waals surface area contributed by atoms with Crippen LogP contribution in [0.4, 0.5) is 0 Å². The van der Waals surface area contributed by atoms with Crippen LogP contribution in [0.25, 0.3) is 0 Å². The van der Waals surface area contributed by atoms with Crippen molar-refractivity contribution in [3.05, 3.63) is 29.3 Å². The first kappa shape index (κ1) is 13.1. The third kappa shape index (κ3) is 4.27. The summed E-state index contributed by atoms with van der Waals surface area (Å²) in [5.74, 6) is 0.833. The molecule has 1 aromatic rings. The van der Waals surface area contributed by atoms with Gasteiger partial charge in [-0.1, -0.05) is 17.7 Å². The quantitative estimate of drug-likeness (QED) is 0.447. The fraction of sp³-hybridized carbons (Fsp3) is 0.462. The van der Waals surface area contributed by atoms with E-state index in [1.807, 2.05) is 0 Å². The number of methoxy groups -OCH3 is 1. The Morgan fingerprint density at radius 2 is 2.12 bits per heavy atom. The summed E-state index contributed by atoms with van der Waals surface area (Å²) in [6.45, 7) is 4.22. The number of carbonyl (C=O) groups excluding carboxylic acids is 1. The second kappa shape index (κ2) is 6.59. The van der Waals surface area contributed by atoms with Crippen LogP contribution in [-0.2, 0) is 9.53 Å². The van der Waals surface area contributed by atoms with E-state index in [0.29, 0.717) is 6.42 Å². The lowest BCUT2D eigenvalue weighted by atomic mass is 10.2. The van der Waals surface area contributed by atoms with Crippen molar-refractivity contribution in [3.8, 4) is 0 Å². The maximum absolute atomic E-state index is 10.9. The molecule has 1 aromatic carbocycles. The summed E-state index contributed by atoms with van der Waals surface area (Å²) in [6, 6.07) is 6.45. The lowest BCUT2D eigenvalue weighted by molar-refractivity contribution is -0.140. The van der Waals surface area contributed by atoms with E-state index in [0.717, 1.165) is 12.2 Å². The van der Waals surface area contributed by atoms with E-state index in [2.05, 4.69) is 36.8 Å². The van der Waals surface area contributed by atoms with Gasteiger partial charge in [-0.3, -0.25) is 4.79 Å². The summed E-state index contributed by atoms with van der Waals surface area (Å²) in [5.41, 5.74) is 2.60. The molecule has 0 N–H and O–H groups in total. The van der Waals surface area contributed by atoms with Gasteiger partial charge in [0.05, 0.1) is 7.11 Å². The summed E-state index contributed by atoms with van der Waals surface area (Å²) in [5, 5.41) is 0. The Morgan fingerprint density at radius 1 is 1.38 bits per heavy atom. The van der Waals surface area contributed by atoms with Crippen LogP contribution in [0.2, 0.25) is 0 Å². The molecule has 0 saturated heterocycles. The second-order valence-electron chi connectivity index (χ2n) is 3.80. The minimum absolute atomic E-state index is 0.124. The van der Waals surface area contributed by atoms with Crippen LogP contribution in [0.15, 0.2) is 23.1 Å². The summed E-state index contributed by atoms with van der Waals surface area (Å²) in [6.07, 6.45) is 1.37. The number of rotatable bonds is 5. The van der Waals surface area contributed by atoms with Crippen LogP contribution in [0.3, 0.4) is 0 Å². The van der Waals surface area contributed by atoms with E-state index in [-0.39, 0.29) is 5.97 Å². The Morgan fingerprint density at radius 3 is 2.75 bits per heavy atom. The van der Waals surface area contributed by atoms with Crippen molar-refractivity contribution < 1.29 is 9.53 Å². The minimum Gasteiger partial charge on any atom is -0.469 e. The van der Waals surface area contributed by atoms with Crippen molar-refractivity contribution in [2.45, 2.75) is 31.6 Å². The second-order valence-corrected chi connectivity index (χ2v) is 4.93. The molecule has 0 amide bonds. The number of hydrogen-bond donors (Lipinski definition) is 0. The molecule has 16 heavy (non-hydrogen) atoms. The van der Waals surface area contributed by atoms with Crippen LogP contribution in [0.5, 0.6) is 0 Å². The van der Waals surface area contributed by atoms with E-state index in [1.165, 1.54) is 23.1 Å². The van der Waals surface area contributed by atoms with Crippen molar-refractivity contribution in [1.29, 1.82) is 0 Å². The molecule has 3 heteroatoms. The minimum atomic E-state index is -0.124.